The van der Waals surface area contributed by atoms with E-state index in [1.54, 1.807) is 30.3 Å². The lowest BCUT2D eigenvalue weighted by atomic mass is 9.78. The molecular weight excluding hydrogens is 608 g/mol. The highest BCUT2D eigenvalue weighted by Crippen LogP contribution is 2.38. The van der Waals surface area contributed by atoms with Gasteiger partial charge in [0, 0.05) is 31.0 Å². The first kappa shape index (κ1) is 28.4. The fourth-order valence-electron chi connectivity index (χ4n) is 4.08. The Bertz CT molecular complexity index is 1630. The van der Waals surface area contributed by atoms with Crippen LogP contribution in [0.2, 0.25) is 5.02 Å². The number of hydrogen-bond donors (Lipinski definition) is 2. The van der Waals surface area contributed by atoms with Crippen molar-refractivity contribution in [2.45, 2.75) is 39.2 Å². The standard InChI is InChI=1S/C28H28BrClN2O4S2/c1-16(2)36-24-13-18(10-20(29)14-24)28(3,4)19-11-21(30)15-23(12-19)31-27(33)26-9-17-8-22(32-38(5,34)35)6-7-25(17)37-26/h6-16,32H,1-5H3,(H,31,33). The molecule has 1 heterocycles. The Morgan fingerprint density at radius 2 is 1.71 bits per heavy atom. The molecule has 4 rings (SSSR count). The maximum absolute atomic E-state index is 13.2. The summed E-state index contributed by atoms with van der Waals surface area (Å²) in [5.74, 6) is 0.498. The smallest absolute Gasteiger partial charge is 0.265 e. The van der Waals surface area contributed by atoms with Crippen molar-refractivity contribution in [3.63, 3.8) is 0 Å². The summed E-state index contributed by atoms with van der Waals surface area (Å²) >= 11 is 11.4. The van der Waals surface area contributed by atoms with E-state index in [0.717, 1.165) is 37.7 Å². The summed E-state index contributed by atoms with van der Waals surface area (Å²) in [6.45, 7) is 8.16. The van der Waals surface area contributed by atoms with E-state index in [-0.39, 0.29) is 12.0 Å². The third-order valence-electron chi connectivity index (χ3n) is 5.89. The Kier molecular flexibility index (Phi) is 8.14. The summed E-state index contributed by atoms with van der Waals surface area (Å²) in [6.07, 6.45) is 1.14. The highest BCUT2D eigenvalue weighted by Gasteiger charge is 2.26. The van der Waals surface area contributed by atoms with Crippen molar-refractivity contribution in [3.8, 4) is 5.75 Å². The summed E-state index contributed by atoms with van der Waals surface area (Å²) in [7, 11) is -3.39. The zero-order valence-electron chi connectivity index (χ0n) is 21.6. The normalized spacial score (nSPS) is 12.1. The predicted molar refractivity (Wildman–Crippen MR) is 162 cm³/mol. The molecule has 0 aliphatic carbocycles. The first-order chi connectivity index (χ1) is 17.7. The Hall–Kier alpha value is -2.59. The predicted octanol–water partition coefficient (Wildman–Crippen LogP) is 8.05. The zero-order valence-corrected chi connectivity index (χ0v) is 25.5. The van der Waals surface area contributed by atoms with Crippen LogP contribution in [-0.2, 0) is 15.4 Å². The molecule has 0 radical (unpaired) electrons. The van der Waals surface area contributed by atoms with Crippen molar-refractivity contribution >= 4 is 76.3 Å². The lowest BCUT2D eigenvalue weighted by Crippen LogP contribution is -2.20. The van der Waals surface area contributed by atoms with Gasteiger partial charge in [0.05, 0.1) is 17.2 Å². The molecule has 0 atom stereocenters. The molecule has 0 fully saturated rings. The molecule has 0 bridgehead atoms. The van der Waals surface area contributed by atoms with E-state index < -0.39 is 15.4 Å². The second kappa shape index (κ2) is 10.9. The van der Waals surface area contributed by atoms with Crippen LogP contribution in [-0.4, -0.2) is 26.7 Å². The number of thiophene rings is 1. The lowest BCUT2D eigenvalue weighted by molar-refractivity contribution is 0.103. The molecule has 0 aliphatic rings. The number of anilines is 2. The average Bonchev–Trinajstić information content (AvgIpc) is 3.20. The molecule has 6 nitrogen and oxygen atoms in total. The molecule has 10 heteroatoms. The quantitative estimate of drug-likeness (QED) is 0.205. The van der Waals surface area contributed by atoms with Crippen molar-refractivity contribution in [3.05, 3.63) is 86.2 Å². The molecule has 0 saturated carbocycles. The van der Waals surface area contributed by atoms with Gasteiger partial charge in [0.15, 0.2) is 0 Å². The Morgan fingerprint density at radius 1 is 1.00 bits per heavy atom. The Morgan fingerprint density at radius 3 is 2.39 bits per heavy atom. The molecule has 0 aliphatic heterocycles. The van der Waals surface area contributed by atoms with Crippen LogP contribution in [0.5, 0.6) is 5.75 Å². The number of fused-ring (bicyclic) bond motifs is 1. The first-order valence-electron chi connectivity index (χ1n) is 11.8. The van der Waals surface area contributed by atoms with Gasteiger partial charge < -0.3 is 10.1 Å². The minimum Gasteiger partial charge on any atom is -0.491 e. The molecular formula is C28H28BrClN2O4S2. The summed E-state index contributed by atoms with van der Waals surface area (Å²) in [5, 5.41) is 4.25. The number of carbonyl (C=O) groups is 1. The summed E-state index contributed by atoms with van der Waals surface area (Å²) < 4.78 is 33.3. The lowest BCUT2D eigenvalue weighted by Gasteiger charge is -2.28. The van der Waals surface area contributed by atoms with Gasteiger partial charge in [0.25, 0.3) is 5.91 Å². The number of nitrogens with one attached hydrogen (secondary N) is 2. The van der Waals surface area contributed by atoms with Crippen LogP contribution in [0.1, 0.15) is 48.5 Å². The van der Waals surface area contributed by atoms with Gasteiger partial charge in [0.1, 0.15) is 5.75 Å². The number of halogens is 2. The Labute approximate surface area is 240 Å². The Balaban J connectivity index is 1.61. The highest BCUT2D eigenvalue weighted by molar-refractivity contribution is 9.10. The van der Waals surface area contributed by atoms with Gasteiger partial charge in [-0.1, -0.05) is 41.4 Å². The van der Waals surface area contributed by atoms with E-state index in [4.69, 9.17) is 16.3 Å². The van der Waals surface area contributed by atoms with E-state index in [9.17, 15) is 13.2 Å². The maximum Gasteiger partial charge on any atom is 0.265 e. The molecule has 0 unspecified atom stereocenters. The van der Waals surface area contributed by atoms with Crippen LogP contribution >= 0.6 is 38.9 Å². The number of ether oxygens (including phenoxy) is 1. The first-order valence-corrected chi connectivity index (χ1v) is 15.7. The van der Waals surface area contributed by atoms with Gasteiger partial charge >= 0.3 is 0 Å². The van der Waals surface area contributed by atoms with Crippen LogP contribution in [0.4, 0.5) is 11.4 Å². The second-order valence-corrected chi connectivity index (χ2v) is 14.1. The second-order valence-electron chi connectivity index (χ2n) is 9.89. The van der Waals surface area contributed by atoms with Crippen molar-refractivity contribution in [1.82, 2.24) is 0 Å². The molecule has 0 saturated heterocycles. The van der Waals surface area contributed by atoms with Crippen LogP contribution in [0.15, 0.2) is 65.1 Å². The van der Waals surface area contributed by atoms with Crippen molar-refractivity contribution in [1.29, 1.82) is 0 Å². The fourth-order valence-corrected chi connectivity index (χ4v) is 6.28. The number of benzene rings is 3. The van der Waals surface area contributed by atoms with Gasteiger partial charge in [-0.15, -0.1) is 11.3 Å². The number of carbonyl (C=O) groups excluding carboxylic acids is 1. The molecule has 2 N–H and O–H groups in total. The topological polar surface area (TPSA) is 84.5 Å². The largest absolute Gasteiger partial charge is 0.491 e. The van der Waals surface area contributed by atoms with Gasteiger partial charge in [-0.05, 0) is 91.0 Å². The number of amides is 1. The van der Waals surface area contributed by atoms with Crippen molar-refractivity contribution in [2.75, 3.05) is 16.3 Å². The zero-order chi connectivity index (χ0) is 27.8. The highest BCUT2D eigenvalue weighted by atomic mass is 79.9. The SMILES string of the molecule is CC(C)Oc1cc(Br)cc(C(C)(C)c2cc(Cl)cc(NC(=O)c3cc4cc(NS(C)(=O)=O)ccc4s3)c2)c1. The van der Waals surface area contributed by atoms with E-state index in [1.165, 1.54) is 11.3 Å². The third kappa shape index (κ3) is 6.88. The molecule has 200 valence electrons. The number of hydrogen-bond acceptors (Lipinski definition) is 5. The molecule has 1 aromatic heterocycles. The van der Waals surface area contributed by atoms with Crippen LogP contribution < -0.4 is 14.8 Å². The van der Waals surface area contributed by atoms with Gasteiger partial charge in [0.2, 0.25) is 10.0 Å². The van der Waals surface area contributed by atoms with Gasteiger partial charge in [-0.3, -0.25) is 9.52 Å². The summed E-state index contributed by atoms with van der Waals surface area (Å²) in [5.41, 5.74) is 2.55. The maximum atomic E-state index is 13.2. The van der Waals surface area contributed by atoms with E-state index in [0.29, 0.717) is 21.3 Å². The number of sulfonamides is 1. The molecule has 0 spiro atoms. The molecule has 38 heavy (non-hydrogen) atoms. The monoisotopic (exact) mass is 634 g/mol. The minimum absolute atomic E-state index is 0.0460. The van der Waals surface area contributed by atoms with Gasteiger partial charge in [-0.25, -0.2) is 8.42 Å². The van der Waals surface area contributed by atoms with E-state index in [1.807, 2.05) is 38.1 Å². The third-order valence-corrected chi connectivity index (χ3v) is 8.28. The number of rotatable bonds is 8. The van der Waals surface area contributed by atoms with Crippen LogP contribution in [0.3, 0.4) is 0 Å². The van der Waals surface area contributed by atoms with E-state index >= 15 is 0 Å². The summed E-state index contributed by atoms with van der Waals surface area (Å²) in [6, 6.07) is 18.5. The molecule has 3 aromatic carbocycles. The van der Waals surface area contributed by atoms with Crippen molar-refractivity contribution < 1.29 is 17.9 Å². The molecule has 1 amide bonds. The van der Waals surface area contributed by atoms with Crippen LogP contribution in [0, 0.1) is 0 Å². The average molecular weight is 636 g/mol. The van der Waals surface area contributed by atoms with Crippen LogP contribution in [0.25, 0.3) is 10.1 Å². The molecule has 4 aromatic rings. The minimum atomic E-state index is -3.39. The van der Waals surface area contributed by atoms with E-state index in [2.05, 4.69) is 45.9 Å². The van der Waals surface area contributed by atoms with Crippen molar-refractivity contribution in [2.24, 2.45) is 0 Å². The summed E-state index contributed by atoms with van der Waals surface area (Å²) in [4.78, 5) is 13.7. The van der Waals surface area contributed by atoms with Gasteiger partial charge in [-0.2, -0.15) is 0 Å². The fraction of sp³-hybridized carbons (Fsp3) is 0.250.